The third kappa shape index (κ3) is 3.73. The fourth-order valence-corrected chi connectivity index (χ4v) is 1.00. The fourth-order valence-electron chi connectivity index (χ4n) is 0.756. The van der Waals surface area contributed by atoms with Crippen LogP contribution in [0.3, 0.4) is 0 Å². The maximum atomic E-state index is 12.9. The van der Waals surface area contributed by atoms with Gasteiger partial charge in [-0.05, 0) is 12.2 Å². The van der Waals surface area contributed by atoms with E-state index in [4.69, 9.17) is 5.11 Å². The van der Waals surface area contributed by atoms with Crippen LogP contribution >= 0.6 is 12.6 Å². The Bertz CT molecular complexity index is 165. The van der Waals surface area contributed by atoms with Gasteiger partial charge in [-0.2, -0.15) is 12.6 Å². The van der Waals surface area contributed by atoms with Gasteiger partial charge in [0, 0.05) is 6.54 Å². The van der Waals surface area contributed by atoms with Crippen LogP contribution in [-0.4, -0.2) is 34.5 Å². The Balaban J connectivity index is 4.07. The highest BCUT2D eigenvalue weighted by Gasteiger charge is 2.23. The van der Waals surface area contributed by atoms with Gasteiger partial charge in [0.05, 0.1) is 0 Å². The van der Waals surface area contributed by atoms with E-state index in [-0.39, 0.29) is 18.1 Å². The first kappa shape index (κ1) is 11.4. The Kier molecular flexibility index (Phi) is 5.74. The summed E-state index contributed by atoms with van der Waals surface area (Å²) in [6.45, 7) is 3.23. The predicted molar refractivity (Wildman–Crippen MR) is 47.9 cm³/mol. The monoisotopic (exact) mass is 193 g/mol. The van der Waals surface area contributed by atoms with Crippen molar-refractivity contribution in [2.24, 2.45) is 0 Å². The minimum absolute atomic E-state index is 0.0786. The van der Waals surface area contributed by atoms with E-state index in [0.29, 0.717) is 5.75 Å². The van der Waals surface area contributed by atoms with E-state index in [2.05, 4.69) is 19.2 Å². The van der Waals surface area contributed by atoms with E-state index in [1.54, 1.807) is 0 Å². The molecule has 0 radical (unpaired) electrons. The smallest absolute Gasteiger partial charge is 0.323 e. The number of aliphatic carboxylic acids is 1. The number of thiol groups is 1. The van der Waals surface area contributed by atoms with Gasteiger partial charge in [-0.3, -0.25) is 4.79 Å². The lowest BCUT2D eigenvalue weighted by Gasteiger charge is -2.17. The van der Waals surface area contributed by atoms with E-state index in [0.717, 1.165) is 0 Å². The van der Waals surface area contributed by atoms with Gasteiger partial charge in [0.2, 0.25) is 0 Å². The second-order valence-electron chi connectivity index (χ2n) is 2.24. The van der Waals surface area contributed by atoms with E-state index < -0.39 is 12.0 Å². The van der Waals surface area contributed by atoms with E-state index in [9.17, 15) is 9.28 Å². The highest BCUT2D eigenvalue weighted by Crippen LogP contribution is 2.06. The van der Waals surface area contributed by atoms with Gasteiger partial charge in [-0.25, -0.2) is 0 Å². The molecular weight excluding hydrogens is 181 g/mol. The first-order chi connectivity index (χ1) is 5.63. The van der Waals surface area contributed by atoms with Crippen molar-refractivity contribution in [2.75, 3.05) is 12.3 Å². The van der Waals surface area contributed by atoms with Crippen LogP contribution in [0.1, 0.15) is 6.42 Å². The standard InChI is InChI=1S/C7H12FNO2S/c1-2-4-9(8)6(3-5-12)7(10)11/h2,6,12H,1,3-5H2,(H,10,11). The first-order valence-electron chi connectivity index (χ1n) is 3.50. The van der Waals surface area contributed by atoms with Crippen molar-refractivity contribution >= 4 is 18.6 Å². The molecule has 0 rings (SSSR count). The van der Waals surface area contributed by atoms with Crippen molar-refractivity contribution < 1.29 is 14.4 Å². The topological polar surface area (TPSA) is 40.5 Å². The zero-order chi connectivity index (χ0) is 9.56. The maximum absolute atomic E-state index is 12.9. The molecular formula is C7H12FNO2S. The first-order valence-corrected chi connectivity index (χ1v) is 4.13. The van der Waals surface area contributed by atoms with E-state index >= 15 is 0 Å². The van der Waals surface area contributed by atoms with Gasteiger partial charge in [-0.1, -0.05) is 6.08 Å². The second kappa shape index (κ2) is 6.02. The van der Waals surface area contributed by atoms with Crippen LogP contribution < -0.4 is 0 Å². The summed E-state index contributed by atoms with van der Waals surface area (Å²) < 4.78 is 12.9. The molecule has 0 fully saturated rings. The lowest BCUT2D eigenvalue weighted by Crippen LogP contribution is -2.36. The summed E-state index contributed by atoms with van der Waals surface area (Å²) in [7, 11) is 0. The summed E-state index contributed by atoms with van der Waals surface area (Å²) in [5.74, 6) is -0.831. The zero-order valence-corrected chi connectivity index (χ0v) is 7.51. The van der Waals surface area contributed by atoms with Gasteiger partial charge >= 0.3 is 5.97 Å². The minimum atomic E-state index is -1.17. The van der Waals surface area contributed by atoms with Crippen molar-refractivity contribution in [1.29, 1.82) is 0 Å². The lowest BCUT2D eigenvalue weighted by molar-refractivity contribution is -0.150. The normalized spacial score (nSPS) is 12.9. The molecule has 3 nitrogen and oxygen atoms in total. The Morgan fingerprint density at radius 1 is 1.83 bits per heavy atom. The van der Waals surface area contributed by atoms with Crippen molar-refractivity contribution in [3.8, 4) is 0 Å². The van der Waals surface area contributed by atoms with Gasteiger partial charge in [-0.15, -0.1) is 16.2 Å². The predicted octanol–water partition coefficient (Wildman–Crippen LogP) is 1.13. The number of rotatable bonds is 6. The summed E-state index contributed by atoms with van der Waals surface area (Å²) in [4.78, 5) is 10.5. The molecule has 0 bridgehead atoms. The Hall–Kier alpha value is -0.550. The van der Waals surface area contributed by atoms with Crippen LogP contribution in [0.2, 0.25) is 0 Å². The minimum Gasteiger partial charge on any atom is -0.480 e. The summed E-state index contributed by atoms with van der Waals surface area (Å²) in [6, 6.07) is -1.11. The zero-order valence-electron chi connectivity index (χ0n) is 6.61. The molecule has 0 aliphatic heterocycles. The van der Waals surface area contributed by atoms with Crippen molar-refractivity contribution in [3.63, 3.8) is 0 Å². The molecule has 1 unspecified atom stereocenters. The van der Waals surface area contributed by atoms with Crippen molar-refractivity contribution in [1.82, 2.24) is 5.12 Å². The molecule has 0 aliphatic carbocycles. The van der Waals surface area contributed by atoms with Gasteiger partial charge in [0.25, 0.3) is 0 Å². The van der Waals surface area contributed by atoms with Crippen LogP contribution in [0.5, 0.6) is 0 Å². The quantitative estimate of drug-likeness (QED) is 0.377. The molecule has 0 heterocycles. The third-order valence-corrected chi connectivity index (χ3v) is 1.59. The summed E-state index contributed by atoms with van der Waals surface area (Å²) >= 11 is 3.83. The lowest BCUT2D eigenvalue weighted by atomic mass is 10.2. The molecule has 0 saturated carbocycles. The molecule has 0 aliphatic rings. The fraction of sp³-hybridized carbons (Fsp3) is 0.571. The molecule has 70 valence electrons. The highest BCUT2D eigenvalue weighted by molar-refractivity contribution is 7.80. The molecule has 0 saturated heterocycles. The van der Waals surface area contributed by atoms with Crippen LogP contribution in [0.4, 0.5) is 4.48 Å². The third-order valence-electron chi connectivity index (χ3n) is 1.33. The van der Waals surface area contributed by atoms with Crippen molar-refractivity contribution in [3.05, 3.63) is 12.7 Å². The number of carboxylic acids is 1. The van der Waals surface area contributed by atoms with E-state index in [1.165, 1.54) is 6.08 Å². The van der Waals surface area contributed by atoms with Crippen molar-refractivity contribution in [2.45, 2.75) is 12.5 Å². The number of carboxylic acid groups (broad SMARTS) is 1. The number of hydrogen-bond acceptors (Lipinski definition) is 3. The average Bonchev–Trinajstić information content (AvgIpc) is 1.99. The van der Waals surface area contributed by atoms with E-state index in [1.807, 2.05) is 0 Å². The SMILES string of the molecule is C=CCN(F)C(CCS)C(=O)O. The molecule has 0 spiro atoms. The molecule has 0 aromatic carbocycles. The maximum Gasteiger partial charge on any atom is 0.323 e. The Morgan fingerprint density at radius 3 is 2.75 bits per heavy atom. The van der Waals surface area contributed by atoms with Crippen LogP contribution in [-0.2, 0) is 4.79 Å². The Morgan fingerprint density at radius 2 is 2.42 bits per heavy atom. The highest BCUT2D eigenvalue weighted by atomic mass is 32.1. The molecule has 1 atom stereocenters. The molecule has 5 heteroatoms. The summed E-state index contributed by atoms with van der Waals surface area (Å²) in [5.41, 5.74) is 0. The molecule has 0 aromatic rings. The molecule has 1 N–H and O–H groups in total. The van der Waals surface area contributed by atoms with Crippen LogP contribution in [0.25, 0.3) is 0 Å². The average molecular weight is 193 g/mol. The summed E-state index contributed by atoms with van der Waals surface area (Å²) in [5, 5.41) is 8.79. The van der Waals surface area contributed by atoms with Crippen LogP contribution in [0, 0.1) is 0 Å². The van der Waals surface area contributed by atoms with Gasteiger partial charge in [0.15, 0.2) is 0 Å². The molecule has 0 aromatic heterocycles. The largest absolute Gasteiger partial charge is 0.480 e. The summed E-state index contributed by atoms with van der Waals surface area (Å²) in [6.07, 6.45) is 1.50. The van der Waals surface area contributed by atoms with Crippen LogP contribution in [0.15, 0.2) is 12.7 Å². The molecule has 0 amide bonds. The molecule has 12 heavy (non-hydrogen) atoms. The second-order valence-corrected chi connectivity index (χ2v) is 2.68. The Labute approximate surface area is 76.2 Å². The number of nitrogens with zero attached hydrogens (tertiary/aromatic N) is 1. The number of hydrogen-bond donors (Lipinski definition) is 2. The number of halogens is 1. The number of carbonyl (C=O) groups is 1. The van der Waals surface area contributed by atoms with Gasteiger partial charge < -0.3 is 5.11 Å². The van der Waals surface area contributed by atoms with Gasteiger partial charge in [0.1, 0.15) is 6.04 Å².